The highest BCUT2D eigenvalue weighted by Gasteiger charge is 2.26. The molecule has 2 aliphatic rings. The number of hydrogen-bond acceptors (Lipinski definition) is 5. The first-order valence-corrected chi connectivity index (χ1v) is 12.0. The number of rotatable bonds is 1. The molecule has 0 aromatic heterocycles. The van der Waals surface area contributed by atoms with Crippen molar-refractivity contribution in [2.75, 3.05) is 26.2 Å². The molecule has 2 saturated heterocycles. The van der Waals surface area contributed by atoms with Gasteiger partial charge in [0.1, 0.15) is 11.2 Å². The van der Waals surface area contributed by atoms with Crippen molar-refractivity contribution < 1.29 is 23.9 Å². The van der Waals surface area contributed by atoms with Crippen molar-refractivity contribution in [3.05, 3.63) is 41.5 Å². The predicted molar refractivity (Wildman–Crippen MR) is 134 cm³/mol. The summed E-state index contributed by atoms with van der Waals surface area (Å²) in [5, 5.41) is 0. The molecular weight excluding hydrogens is 432 g/mol. The van der Waals surface area contributed by atoms with Gasteiger partial charge in [-0.05, 0) is 66.4 Å². The molecule has 0 atom stereocenters. The topological polar surface area (TPSA) is 76.2 Å². The van der Waals surface area contributed by atoms with Crippen LogP contribution in [0, 0.1) is 0 Å². The number of hydrogen-bond donors (Lipinski definition) is 0. The summed E-state index contributed by atoms with van der Waals surface area (Å²) in [6.45, 7) is 13.4. The molecule has 7 nitrogen and oxygen atoms in total. The fourth-order valence-electron chi connectivity index (χ4n) is 3.61. The molecule has 3 rings (SSSR count). The summed E-state index contributed by atoms with van der Waals surface area (Å²) in [4.78, 5) is 38.0. The van der Waals surface area contributed by atoms with Crippen LogP contribution in [0.4, 0.5) is 9.59 Å². The monoisotopic (exact) mass is 472 g/mol. The van der Waals surface area contributed by atoms with E-state index in [4.69, 9.17) is 9.47 Å². The maximum absolute atomic E-state index is 12.1. The second-order valence-electron chi connectivity index (χ2n) is 10.8. The summed E-state index contributed by atoms with van der Waals surface area (Å²) in [5.41, 5.74) is 1.55. The maximum atomic E-state index is 12.1. The zero-order chi connectivity index (χ0) is 25.4. The first kappa shape index (κ1) is 27.4. The molecular formula is C27H40N2O5. The third-order valence-corrected chi connectivity index (χ3v) is 5.04. The average Bonchev–Trinajstić information content (AvgIpc) is 2.73. The van der Waals surface area contributed by atoms with Gasteiger partial charge in [0.15, 0.2) is 5.78 Å². The number of amides is 2. The second-order valence-corrected chi connectivity index (χ2v) is 10.8. The quantitative estimate of drug-likeness (QED) is 0.525. The van der Waals surface area contributed by atoms with Gasteiger partial charge >= 0.3 is 12.2 Å². The molecule has 1 aromatic carbocycles. The zero-order valence-corrected chi connectivity index (χ0v) is 21.6. The standard InChI is InChI=1S/C17H23NO2.C10H17NO3/c1-17(2,3)20-16(19)18-11-7-10-15(13-18)12-14-8-5-4-6-9-14;1-10(2,3)14-9(13)11-6-4-5-8(12)7-11/h4-6,8-9,12H,7,10-11,13H2,1-3H3;4-7H2,1-3H3. The largest absolute Gasteiger partial charge is 0.444 e. The van der Waals surface area contributed by atoms with Gasteiger partial charge in [0, 0.05) is 26.1 Å². The van der Waals surface area contributed by atoms with Gasteiger partial charge in [-0.1, -0.05) is 42.0 Å². The predicted octanol–water partition coefficient (Wildman–Crippen LogP) is 5.69. The first-order chi connectivity index (χ1) is 15.8. The highest BCUT2D eigenvalue weighted by atomic mass is 16.6. The van der Waals surface area contributed by atoms with Crippen LogP contribution in [0.1, 0.15) is 72.8 Å². The van der Waals surface area contributed by atoms with Crippen LogP contribution in [-0.4, -0.2) is 65.2 Å². The van der Waals surface area contributed by atoms with Gasteiger partial charge in [0.2, 0.25) is 0 Å². The molecule has 0 radical (unpaired) electrons. The van der Waals surface area contributed by atoms with Crippen molar-refractivity contribution in [3.8, 4) is 0 Å². The molecule has 0 unspecified atom stereocenters. The van der Waals surface area contributed by atoms with Gasteiger partial charge in [-0.3, -0.25) is 4.79 Å². The van der Waals surface area contributed by atoms with Gasteiger partial charge in [0.05, 0.1) is 6.54 Å². The Morgan fingerprint density at radius 1 is 0.794 bits per heavy atom. The number of nitrogens with zero attached hydrogens (tertiary/aromatic N) is 2. The minimum absolute atomic E-state index is 0.113. The zero-order valence-electron chi connectivity index (χ0n) is 21.6. The molecule has 1 aromatic rings. The van der Waals surface area contributed by atoms with Gasteiger partial charge in [-0.15, -0.1) is 0 Å². The van der Waals surface area contributed by atoms with Gasteiger partial charge in [-0.25, -0.2) is 9.59 Å². The van der Waals surface area contributed by atoms with E-state index in [0.717, 1.165) is 25.8 Å². The molecule has 2 amide bonds. The summed E-state index contributed by atoms with van der Waals surface area (Å²) in [7, 11) is 0. The van der Waals surface area contributed by atoms with E-state index in [0.29, 0.717) is 19.5 Å². The first-order valence-electron chi connectivity index (χ1n) is 12.0. The van der Waals surface area contributed by atoms with Crippen LogP contribution in [0.5, 0.6) is 0 Å². The van der Waals surface area contributed by atoms with E-state index in [1.807, 2.05) is 59.7 Å². The number of piperidine rings is 2. The molecule has 2 heterocycles. The lowest BCUT2D eigenvalue weighted by Crippen LogP contribution is -2.43. The lowest BCUT2D eigenvalue weighted by molar-refractivity contribution is -0.122. The van der Waals surface area contributed by atoms with Crippen LogP contribution in [0.15, 0.2) is 35.9 Å². The highest BCUT2D eigenvalue weighted by Crippen LogP contribution is 2.21. The number of ketones is 1. The Balaban J connectivity index is 0.000000257. The molecule has 2 fully saturated rings. The van der Waals surface area contributed by atoms with Crippen molar-refractivity contribution in [3.63, 3.8) is 0 Å². The Morgan fingerprint density at radius 3 is 1.79 bits per heavy atom. The summed E-state index contributed by atoms with van der Waals surface area (Å²) in [6.07, 6.45) is 4.96. The van der Waals surface area contributed by atoms with Crippen LogP contribution in [0.2, 0.25) is 0 Å². The minimum atomic E-state index is -0.489. The van der Waals surface area contributed by atoms with E-state index in [1.165, 1.54) is 16.0 Å². The van der Waals surface area contributed by atoms with E-state index >= 15 is 0 Å². The van der Waals surface area contributed by atoms with E-state index in [1.54, 1.807) is 4.90 Å². The lowest BCUT2D eigenvalue weighted by Gasteiger charge is -2.31. The van der Waals surface area contributed by atoms with E-state index in [9.17, 15) is 14.4 Å². The smallest absolute Gasteiger partial charge is 0.410 e. The molecule has 0 N–H and O–H groups in total. The SMILES string of the molecule is CC(C)(C)OC(=O)N1CCCC(=Cc2ccccc2)C1.CC(C)(C)OC(=O)N1CCCC(=O)C1. The fourth-order valence-corrected chi connectivity index (χ4v) is 3.61. The molecule has 2 aliphatic heterocycles. The molecule has 0 bridgehead atoms. The normalized spacial score (nSPS) is 18.2. The molecule has 0 saturated carbocycles. The Bertz CT molecular complexity index is 865. The van der Waals surface area contributed by atoms with E-state index in [-0.39, 0.29) is 24.5 Å². The highest BCUT2D eigenvalue weighted by molar-refractivity contribution is 5.85. The summed E-state index contributed by atoms with van der Waals surface area (Å²) < 4.78 is 10.6. The second kappa shape index (κ2) is 12.0. The van der Waals surface area contributed by atoms with Crippen molar-refractivity contribution in [2.45, 2.75) is 78.4 Å². The van der Waals surface area contributed by atoms with E-state index < -0.39 is 11.2 Å². The summed E-state index contributed by atoms with van der Waals surface area (Å²) >= 11 is 0. The number of Topliss-reactive ketones (excluding diaryl/α,β-unsaturated/α-hetero) is 1. The van der Waals surface area contributed by atoms with Gasteiger partial charge in [0.25, 0.3) is 0 Å². The molecule has 34 heavy (non-hydrogen) atoms. The van der Waals surface area contributed by atoms with Crippen molar-refractivity contribution >= 4 is 24.0 Å². The third-order valence-electron chi connectivity index (χ3n) is 5.04. The van der Waals surface area contributed by atoms with Crippen molar-refractivity contribution in [1.82, 2.24) is 9.80 Å². The Kier molecular flexibility index (Phi) is 9.71. The van der Waals surface area contributed by atoms with Crippen molar-refractivity contribution in [1.29, 1.82) is 0 Å². The number of carbonyl (C=O) groups excluding carboxylic acids is 3. The Labute approximate surface area is 204 Å². The summed E-state index contributed by atoms with van der Waals surface area (Å²) in [6, 6.07) is 10.2. The molecule has 0 aliphatic carbocycles. The van der Waals surface area contributed by atoms with Crippen LogP contribution in [0.3, 0.4) is 0 Å². The fraction of sp³-hybridized carbons (Fsp3) is 0.593. The average molecular weight is 473 g/mol. The molecule has 188 valence electrons. The number of likely N-dealkylation sites (tertiary alicyclic amines) is 2. The minimum Gasteiger partial charge on any atom is -0.444 e. The number of benzene rings is 1. The number of carbonyl (C=O) groups is 3. The van der Waals surface area contributed by atoms with Crippen LogP contribution in [-0.2, 0) is 14.3 Å². The van der Waals surface area contributed by atoms with Crippen LogP contribution >= 0.6 is 0 Å². The van der Waals surface area contributed by atoms with Gasteiger partial charge < -0.3 is 19.3 Å². The molecule has 7 heteroatoms. The molecule has 0 spiro atoms. The summed E-state index contributed by atoms with van der Waals surface area (Å²) in [5.74, 6) is 0.113. The number of ether oxygens (including phenoxy) is 2. The third kappa shape index (κ3) is 10.4. The Morgan fingerprint density at radius 2 is 1.29 bits per heavy atom. The lowest BCUT2D eigenvalue weighted by atomic mass is 10.0. The van der Waals surface area contributed by atoms with Crippen molar-refractivity contribution in [2.24, 2.45) is 0 Å². The van der Waals surface area contributed by atoms with E-state index in [2.05, 4.69) is 18.2 Å². The maximum Gasteiger partial charge on any atom is 0.410 e. The Hall–Kier alpha value is -2.83. The van der Waals surface area contributed by atoms with Crippen LogP contribution in [0.25, 0.3) is 6.08 Å². The van der Waals surface area contributed by atoms with Crippen LogP contribution < -0.4 is 0 Å². The van der Waals surface area contributed by atoms with Gasteiger partial charge in [-0.2, -0.15) is 0 Å².